The largest absolute Gasteiger partial charge is 0.507 e. The first-order chi connectivity index (χ1) is 14.3. The van der Waals surface area contributed by atoms with Crippen molar-refractivity contribution in [2.45, 2.75) is 33.7 Å². The fraction of sp³-hybridized carbons (Fsp3) is 0.292. The Labute approximate surface area is 176 Å². The van der Waals surface area contributed by atoms with Gasteiger partial charge in [-0.05, 0) is 31.0 Å². The van der Waals surface area contributed by atoms with Crippen LogP contribution in [0.15, 0.2) is 59.4 Å². The van der Waals surface area contributed by atoms with Gasteiger partial charge in [-0.1, -0.05) is 56.3 Å². The van der Waals surface area contributed by atoms with Gasteiger partial charge in [0.05, 0.1) is 11.3 Å². The van der Waals surface area contributed by atoms with Gasteiger partial charge in [-0.15, -0.1) is 0 Å². The van der Waals surface area contributed by atoms with Gasteiger partial charge in [-0.2, -0.15) is 0 Å². The number of hydrogen-bond donors (Lipinski definition) is 1. The van der Waals surface area contributed by atoms with Gasteiger partial charge in [0, 0.05) is 19.5 Å². The third-order valence-electron chi connectivity index (χ3n) is 5.09. The van der Waals surface area contributed by atoms with Crippen molar-refractivity contribution in [3.63, 3.8) is 0 Å². The zero-order chi connectivity index (χ0) is 21.8. The highest BCUT2D eigenvalue weighted by molar-refractivity contribution is 5.94. The third kappa shape index (κ3) is 4.27. The van der Waals surface area contributed by atoms with E-state index in [1.165, 1.54) is 4.90 Å². The minimum absolute atomic E-state index is 0.0524. The van der Waals surface area contributed by atoms with Crippen LogP contribution in [0.1, 0.15) is 25.1 Å². The molecule has 2 aromatic carbocycles. The highest BCUT2D eigenvalue weighted by Crippen LogP contribution is 2.28. The molecule has 0 radical (unpaired) electrons. The van der Waals surface area contributed by atoms with Gasteiger partial charge < -0.3 is 10.0 Å². The van der Waals surface area contributed by atoms with E-state index in [0.29, 0.717) is 30.0 Å². The van der Waals surface area contributed by atoms with Crippen LogP contribution in [-0.4, -0.2) is 27.6 Å². The van der Waals surface area contributed by atoms with Gasteiger partial charge in [0.25, 0.3) is 5.56 Å². The SMILES string of the molecule is Cc1nc(-c2ccccc2O)n(CCc2ccccc2)c(=O)c1N(C)C(=O)C(C)C. The van der Waals surface area contributed by atoms with Crippen LogP contribution in [-0.2, 0) is 17.8 Å². The van der Waals surface area contributed by atoms with Gasteiger partial charge in [0.1, 0.15) is 17.3 Å². The Morgan fingerprint density at radius 2 is 1.73 bits per heavy atom. The standard InChI is InChI=1S/C24H27N3O3/c1-16(2)23(29)26(4)21-17(3)25-22(19-12-8-9-13-20(19)28)27(24(21)30)15-14-18-10-6-5-7-11-18/h5-13,16,28H,14-15H2,1-4H3. The highest BCUT2D eigenvalue weighted by atomic mass is 16.3. The molecule has 0 aliphatic heterocycles. The van der Waals surface area contributed by atoms with Crippen molar-refractivity contribution < 1.29 is 9.90 Å². The molecule has 0 saturated heterocycles. The number of benzene rings is 2. The van der Waals surface area contributed by atoms with Crippen LogP contribution in [0.4, 0.5) is 5.69 Å². The van der Waals surface area contributed by atoms with E-state index in [2.05, 4.69) is 4.98 Å². The Bertz CT molecular complexity index is 1100. The number of hydrogen-bond acceptors (Lipinski definition) is 4. The molecule has 1 amide bonds. The summed E-state index contributed by atoms with van der Waals surface area (Å²) in [6, 6.07) is 16.7. The molecule has 1 N–H and O–H groups in total. The number of anilines is 1. The van der Waals surface area contributed by atoms with Gasteiger partial charge in [-0.3, -0.25) is 14.2 Å². The molecule has 0 unspecified atom stereocenters. The molecule has 6 heteroatoms. The van der Waals surface area contributed by atoms with Gasteiger partial charge in [-0.25, -0.2) is 4.98 Å². The zero-order valence-electron chi connectivity index (χ0n) is 17.8. The summed E-state index contributed by atoms with van der Waals surface area (Å²) in [6.45, 7) is 5.68. The molecule has 6 nitrogen and oxygen atoms in total. The lowest BCUT2D eigenvalue weighted by atomic mass is 10.1. The van der Waals surface area contributed by atoms with Crippen LogP contribution < -0.4 is 10.5 Å². The first-order valence-corrected chi connectivity index (χ1v) is 10.0. The quantitative estimate of drug-likeness (QED) is 0.677. The molecule has 0 bridgehead atoms. The van der Waals surface area contributed by atoms with Gasteiger partial charge in [0.15, 0.2) is 0 Å². The van der Waals surface area contributed by atoms with E-state index in [1.807, 2.05) is 30.3 Å². The average molecular weight is 405 g/mol. The summed E-state index contributed by atoms with van der Waals surface area (Å²) in [5.74, 6) is 0.0450. The van der Waals surface area contributed by atoms with Crippen LogP contribution >= 0.6 is 0 Å². The maximum absolute atomic E-state index is 13.5. The molecule has 0 aliphatic rings. The van der Waals surface area contributed by atoms with Crippen molar-refractivity contribution in [2.24, 2.45) is 5.92 Å². The number of nitrogens with zero attached hydrogens (tertiary/aromatic N) is 3. The lowest BCUT2D eigenvalue weighted by Gasteiger charge is -2.23. The van der Waals surface area contributed by atoms with Crippen molar-refractivity contribution in [3.8, 4) is 17.1 Å². The van der Waals surface area contributed by atoms with Gasteiger partial charge >= 0.3 is 0 Å². The molecule has 3 aromatic rings. The van der Waals surface area contributed by atoms with E-state index in [4.69, 9.17) is 0 Å². The predicted molar refractivity (Wildman–Crippen MR) is 119 cm³/mol. The number of aromatic hydroxyl groups is 1. The van der Waals surface area contributed by atoms with Crippen molar-refractivity contribution in [1.29, 1.82) is 0 Å². The van der Waals surface area contributed by atoms with Crippen molar-refractivity contribution in [3.05, 3.63) is 76.2 Å². The Morgan fingerprint density at radius 1 is 1.10 bits per heavy atom. The molecule has 156 valence electrons. The van der Waals surface area contributed by atoms with Crippen LogP contribution in [0, 0.1) is 12.8 Å². The Kier molecular flexibility index (Phi) is 6.35. The number of carbonyl (C=O) groups is 1. The fourth-order valence-corrected chi connectivity index (χ4v) is 3.50. The normalized spacial score (nSPS) is 11.0. The molecule has 0 aliphatic carbocycles. The minimum atomic E-state index is -0.298. The summed E-state index contributed by atoms with van der Waals surface area (Å²) in [5, 5.41) is 10.4. The van der Waals surface area contributed by atoms with Crippen LogP contribution in [0.3, 0.4) is 0 Å². The Hall–Kier alpha value is -3.41. The second-order valence-corrected chi connectivity index (χ2v) is 7.63. The van der Waals surface area contributed by atoms with Gasteiger partial charge in [0.2, 0.25) is 5.91 Å². The lowest BCUT2D eigenvalue weighted by molar-refractivity contribution is -0.121. The first kappa shape index (κ1) is 21.3. The summed E-state index contributed by atoms with van der Waals surface area (Å²) >= 11 is 0. The number of phenolic OH excluding ortho intramolecular Hbond substituents is 1. The predicted octanol–water partition coefficient (Wildman–Crippen LogP) is 3.79. The molecule has 0 fully saturated rings. The van der Waals surface area contributed by atoms with Crippen molar-refractivity contribution >= 4 is 11.6 Å². The molecular formula is C24H27N3O3. The average Bonchev–Trinajstić information content (AvgIpc) is 2.73. The molecule has 3 rings (SSSR count). The highest BCUT2D eigenvalue weighted by Gasteiger charge is 2.24. The second-order valence-electron chi connectivity index (χ2n) is 7.63. The monoisotopic (exact) mass is 405 g/mol. The van der Waals surface area contributed by atoms with E-state index >= 15 is 0 Å². The fourth-order valence-electron chi connectivity index (χ4n) is 3.50. The Balaban J connectivity index is 2.16. The van der Waals surface area contributed by atoms with Crippen molar-refractivity contribution in [1.82, 2.24) is 9.55 Å². The zero-order valence-corrected chi connectivity index (χ0v) is 17.8. The third-order valence-corrected chi connectivity index (χ3v) is 5.09. The van der Waals surface area contributed by atoms with E-state index in [-0.39, 0.29) is 28.8 Å². The summed E-state index contributed by atoms with van der Waals surface area (Å²) in [7, 11) is 1.61. The number of rotatable bonds is 6. The second kappa shape index (κ2) is 8.95. The molecule has 1 aromatic heterocycles. The lowest BCUT2D eigenvalue weighted by Crippen LogP contribution is -2.38. The molecule has 0 saturated carbocycles. The van der Waals surface area contributed by atoms with Crippen LogP contribution in [0.25, 0.3) is 11.4 Å². The number of carbonyl (C=O) groups excluding carboxylic acids is 1. The molecule has 1 heterocycles. The number of aromatic nitrogens is 2. The van der Waals surface area contributed by atoms with E-state index < -0.39 is 0 Å². The van der Waals surface area contributed by atoms with E-state index in [0.717, 1.165) is 5.56 Å². The molecule has 30 heavy (non-hydrogen) atoms. The summed E-state index contributed by atoms with van der Waals surface area (Å²) in [6.07, 6.45) is 0.618. The van der Waals surface area contributed by atoms with Crippen LogP contribution in [0.5, 0.6) is 5.75 Å². The van der Waals surface area contributed by atoms with Crippen LogP contribution in [0.2, 0.25) is 0 Å². The summed E-state index contributed by atoms with van der Waals surface area (Å²) in [5.41, 5.74) is 1.98. The number of phenols is 1. The minimum Gasteiger partial charge on any atom is -0.507 e. The van der Waals surface area contributed by atoms with E-state index in [1.54, 1.807) is 56.7 Å². The topological polar surface area (TPSA) is 75.4 Å². The first-order valence-electron chi connectivity index (χ1n) is 10.0. The molecule has 0 atom stereocenters. The van der Waals surface area contributed by atoms with Crippen molar-refractivity contribution in [2.75, 3.05) is 11.9 Å². The number of para-hydroxylation sites is 1. The molecular weight excluding hydrogens is 378 g/mol. The molecule has 0 spiro atoms. The number of amides is 1. The summed E-state index contributed by atoms with van der Waals surface area (Å²) < 4.78 is 1.55. The van der Waals surface area contributed by atoms with E-state index in [9.17, 15) is 14.7 Å². The smallest absolute Gasteiger partial charge is 0.278 e. The number of aryl methyl sites for hydroxylation is 2. The summed E-state index contributed by atoms with van der Waals surface area (Å²) in [4.78, 5) is 32.1. The maximum atomic E-state index is 13.5. The Morgan fingerprint density at radius 3 is 2.37 bits per heavy atom. The maximum Gasteiger partial charge on any atom is 0.278 e.